The van der Waals surface area contributed by atoms with Crippen molar-refractivity contribution in [3.05, 3.63) is 76.0 Å². The second-order valence-corrected chi connectivity index (χ2v) is 8.24. The molecule has 0 aromatic heterocycles. The molecule has 0 radical (unpaired) electrons. The Bertz CT molecular complexity index is 1000. The lowest BCUT2D eigenvalue weighted by atomic mass is 9.83. The Hall–Kier alpha value is -2.66. The molecule has 1 aliphatic heterocycles. The molecule has 0 saturated heterocycles. The van der Waals surface area contributed by atoms with Crippen molar-refractivity contribution < 1.29 is 9.59 Å². The lowest BCUT2D eigenvalue weighted by Crippen LogP contribution is -2.20. The average molecular weight is 348 g/mol. The van der Waals surface area contributed by atoms with Crippen LogP contribution in [0.3, 0.4) is 0 Å². The number of carbonyl (C=O) groups is 2. The minimum Gasteiger partial charge on any atom is -0.378 e. The van der Waals surface area contributed by atoms with E-state index < -0.39 is 0 Å². The molecule has 0 atom stereocenters. The fourth-order valence-corrected chi connectivity index (χ4v) is 4.04. The Labute approximate surface area is 149 Å². The molecule has 2 aromatic carbocycles. The summed E-state index contributed by atoms with van der Waals surface area (Å²) in [4.78, 5) is 29.8. The maximum absolute atomic E-state index is 12.8. The summed E-state index contributed by atoms with van der Waals surface area (Å²) in [5.74, 6) is -0.225. The number of fused-ring (bicyclic) bond motifs is 2. The van der Waals surface area contributed by atoms with Crippen LogP contribution in [0.25, 0.3) is 6.08 Å². The number of nitrogens with two attached hydrogens (primary N) is 1. The smallest absolute Gasteiger partial charge is 0.194 e. The topological polar surface area (TPSA) is 72.5 Å². The summed E-state index contributed by atoms with van der Waals surface area (Å²) in [5.41, 5.74) is 9.35. The van der Waals surface area contributed by atoms with Gasteiger partial charge in [0.1, 0.15) is 0 Å². The van der Waals surface area contributed by atoms with E-state index in [0.29, 0.717) is 27.4 Å². The summed E-state index contributed by atoms with van der Waals surface area (Å²) >= 11 is 1.51. The van der Waals surface area contributed by atoms with Gasteiger partial charge in [-0.2, -0.15) is 0 Å². The SMILES string of the molecule is CC1(C)SC(N)=NC1=Cc1ccc2c(c1)C(=O)c1ccccc1C2=O. The van der Waals surface area contributed by atoms with Crippen molar-refractivity contribution in [3.8, 4) is 0 Å². The Morgan fingerprint density at radius 3 is 2.16 bits per heavy atom. The molecule has 2 aromatic rings. The number of thioether (sulfide) groups is 1. The number of ketones is 2. The van der Waals surface area contributed by atoms with Crippen LogP contribution in [0.1, 0.15) is 51.3 Å². The molecule has 25 heavy (non-hydrogen) atoms. The molecular weight excluding hydrogens is 332 g/mol. The van der Waals surface area contributed by atoms with Crippen molar-refractivity contribution in [1.82, 2.24) is 0 Å². The van der Waals surface area contributed by atoms with E-state index in [0.717, 1.165) is 11.3 Å². The molecule has 0 amide bonds. The minimum atomic E-state index is -0.216. The van der Waals surface area contributed by atoms with Crippen LogP contribution < -0.4 is 5.73 Å². The van der Waals surface area contributed by atoms with Crippen LogP contribution in [0.4, 0.5) is 0 Å². The molecular formula is C20H16N2O2S. The van der Waals surface area contributed by atoms with Crippen LogP contribution in [-0.2, 0) is 0 Å². The number of benzene rings is 2. The normalized spacial score (nSPS) is 19.6. The van der Waals surface area contributed by atoms with Gasteiger partial charge in [-0.25, -0.2) is 4.99 Å². The maximum atomic E-state index is 12.8. The van der Waals surface area contributed by atoms with E-state index in [1.807, 2.05) is 12.1 Å². The molecule has 0 unspecified atom stereocenters. The second kappa shape index (κ2) is 5.43. The maximum Gasteiger partial charge on any atom is 0.194 e. The van der Waals surface area contributed by atoms with Gasteiger partial charge in [-0.05, 0) is 37.6 Å². The summed E-state index contributed by atoms with van der Waals surface area (Å²) < 4.78 is -0.216. The minimum absolute atomic E-state index is 0.108. The van der Waals surface area contributed by atoms with E-state index in [-0.39, 0.29) is 16.3 Å². The van der Waals surface area contributed by atoms with Gasteiger partial charge in [0.25, 0.3) is 0 Å². The zero-order chi connectivity index (χ0) is 17.8. The third-order valence-corrected chi connectivity index (χ3v) is 5.48. The summed E-state index contributed by atoms with van der Waals surface area (Å²) in [6, 6.07) is 12.3. The van der Waals surface area contributed by atoms with Crippen LogP contribution in [0.2, 0.25) is 0 Å². The Morgan fingerprint density at radius 2 is 1.56 bits per heavy atom. The van der Waals surface area contributed by atoms with Gasteiger partial charge in [-0.1, -0.05) is 42.1 Å². The van der Waals surface area contributed by atoms with Gasteiger partial charge in [-0.15, -0.1) is 0 Å². The van der Waals surface area contributed by atoms with Crippen molar-refractivity contribution in [2.45, 2.75) is 18.6 Å². The molecule has 1 heterocycles. The molecule has 4 rings (SSSR count). The number of carbonyl (C=O) groups excluding carboxylic acids is 2. The number of amidine groups is 1. The fraction of sp³-hybridized carbons (Fsp3) is 0.150. The summed E-state index contributed by atoms with van der Waals surface area (Å²) in [6.45, 7) is 4.10. The van der Waals surface area contributed by atoms with Crippen LogP contribution in [0, 0.1) is 0 Å². The van der Waals surface area contributed by atoms with E-state index in [4.69, 9.17) is 5.73 Å². The fourth-order valence-electron chi connectivity index (χ4n) is 3.16. The lowest BCUT2D eigenvalue weighted by molar-refractivity contribution is 0.0979. The van der Waals surface area contributed by atoms with Gasteiger partial charge in [-0.3, -0.25) is 9.59 Å². The molecule has 4 nitrogen and oxygen atoms in total. The monoisotopic (exact) mass is 348 g/mol. The van der Waals surface area contributed by atoms with Gasteiger partial charge < -0.3 is 5.73 Å². The first kappa shape index (κ1) is 15.8. The van der Waals surface area contributed by atoms with Gasteiger partial charge in [0.05, 0.1) is 10.4 Å². The van der Waals surface area contributed by atoms with Crippen LogP contribution in [0.15, 0.2) is 53.2 Å². The Balaban J connectivity index is 1.82. The van der Waals surface area contributed by atoms with E-state index in [9.17, 15) is 9.59 Å². The van der Waals surface area contributed by atoms with E-state index in [1.54, 1.807) is 36.4 Å². The molecule has 2 aliphatic rings. The first-order valence-electron chi connectivity index (χ1n) is 7.95. The highest BCUT2D eigenvalue weighted by Crippen LogP contribution is 2.40. The number of nitrogens with zero attached hydrogens (tertiary/aromatic N) is 1. The molecule has 0 fully saturated rings. The van der Waals surface area contributed by atoms with Crippen molar-refractivity contribution >= 4 is 34.6 Å². The highest BCUT2D eigenvalue weighted by atomic mass is 32.2. The number of aliphatic imine (C=N–C) groups is 1. The van der Waals surface area contributed by atoms with Gasteiger partial charge in [0.2, 0.25) is 0 Å². The van der Waals surface area contributed by atoms with Crippen LogP contribution >= 0.6 is 11.8 Å². The first-order chi connectivity index (χ1) is 11.9. The highest BCUT2D eigenvalue weighted by molar-refractivity contribution is 8.15. The zero-order valence-corrected chi connectivity index (χ0v) is 14.7. The molecule has 0 saturated carbocycles. The largest absolute Gasteiger partial charge is 0.378 e. The van der Waals surface area contributed by atoms with Crippen LogP contribution in [0.5, 0.6) is 0 Å². The molecule has 124 valence electrons. The van der Waals surface area contributed by atoms with Crippen molar-refractivity contribution in [2.75, 3.05) is 0 Å². The van der Waals surface area contributed by atoms with E-state index >= 15 is 0 Å². The number of hydrogen-bond acceptors (Lipinski definition) is 5. The van der Waals surface area contributed by atoms with Crippen molar-refractivity contribution in [1.29, 1.82) is 0 Å². The molecule has 1 aliphatic carbocycles. The molecule has 2 N–H and O–H groups in total. The highest BCUT2D eigenvalue weighted by Gasteiger charge is 2.32. The molecule has 5 heteroatoms. The summed E-state index contributed by atoms with van der Waals surface area (Å²) in [5, 5.41) is 0.536. The van der Waals surface area contributed by atoms with Crippen molar-refractivity contribution in [3.63, 3.8) is 0 Å². The predicted molar refractivity (Wildman–Crippen MR) is 101 cm³/mol. The third kappa shape index (κ3) is 2.51. The Kier molecular flexibility index (Phi) is 3.44. The first-order valence-corrected chi connectivity index (χ1v) is 8.76. The van der Waals surface area contributed by atoms with Crippen molar-refractivity contribution in [2.24, 2.45) is 10.7 Å². The number of rotatable bonds is 1. The quantitative estimate of drug-likeness (QED) is 0.729. The second-order valence-electron chi connectivity index (χ2n) is 6.60. The average Bonchev–Trinajstić information content (AvgIpc) is 2.84. The summed E-state index contributed by atoms with van der Waals surface area (Å²) in [6.07, 6.45) is 1.92. The van der Waals surface area contributed by atoms with E-state index in [1.165, 1.54) is 11.8 Å². The third-order valence-electron chi connectivity index (χ3n) is 4.46. The zero-order valence-electron chi connectivity index (χ0n) is 13.9. The summed E-state index contributed by atoms with van der Waals surface area (Å²) in [7, 11) is 0. The van der Waals surface area contributed by atoms with Gasteiger partial charge in [0, 0.05) is 22.3 Å². The van der Waals surface area contributed by atoms with E-state index in [2.05, 4.69) is 18.8 Å². The standard InChI is InChI=1S/C20H16N2O2S/c1-20(2)16(22-19(21)25-20)10-11-7-8-14-15(9-11)18(24)13-6-4-3-5-12(13)17(14)23/h3-10H,1-2H3,(H2,21,22). The molecule has 0 spiro atoms. The number of hydrogen-bond donors (Lipinski definition) is 1. The Morgan fingerprint density at radius 1 is 0.960 bits per heavy atom. The lowest BCUT2D eigenvalue weighted by Gasteiger charge is -2.19. The van der Waals surface area contributed by atoms with Crippen LogP contribution in [-0.4, -0.2) is 21.5 Å². The molecule has 0 bridgehead atoms. The van der Waals surface area contributed by atoms with Gasteiger partial charge in [0.15, 0.2) is 16.7 Å². The predicted octanol–water partition coefficient (Wildman–Crippen LogP) is 3.64. The van der Waals surface area contributed by atoms with Gasteiger partial charge >= 0.3 is 0 Å².